The zero-order valence-electron chi connectivity index (χ0n) is 34.9. The van der Waals surface area contributed by atoms with Crippen LogP contribution in [-0.2, 0) is 54.2 Å². The van der Waals surface area contributed by atoms with Crippen molar-refractivity contribution in [3.8, 4) is 0 Å². The molecule has 1 amide bonds. The summed E-state index contributed by atoms with van der Waals surface area (Å²) in [7, 11) is 3.79. The van der Waals surface area contributed by atoms with E-state index in [1.807, 2.05) is 46.7 Å². The number of oxime groups is 1. The number of amides is 1. The van der Waals surface area contributed by atoms with Crippen molar-refractivity contribution >= 4 is 35.2 Å². The first kappa shape index (κ1) is 44.4. The van der Waals surface area contributed by atoms with Crippen molar-refractivity contribution in [2.75, 3.05) is 32.6 Å². The van der Waals surface area contributed by atoms with E-state index in [-0.39, 0.29) is 62.5 Å². The molecular formula is C40H62N6O11. The molecule has 4 N–H and O–H groups in total. The number of cyclic esters (lactones) is 1. The predicted molar refractivity (Wildman–Crippen MR) is 209 cm³/mol. The van der Waals surface area contributed by atoms with E-state index < -0.39 is 71.7 Å². The number of aromatic nitrogens is 1. The molecule has 0 aromatic carbocycles. The Hall–Kier alpha value is -3.74. The van der Waals surface area contributed by atoms with Crippen molar-refractivity contribution in [3.05, 3.63) is 23.9 Å². The molecule has 1 aromatic heterocycles. The maximum Gasteiger partial charge on any atom is 0.311 e. The highest BCUT2D eigenvalue weighted by atomic mass is 16.7. The molecule has 0 aliphatic carbocycles. The monoisotopic (exact) mass is 802 g/mol. The van der Waals surface area contributed by atoms with E-state index in [1.165, 1.54) is 6.92 Å². The Balaban J connectivity index is 1.54. The third-order valence-electron chi connectivity index (χ3n) is 11.8. The molecule has 3 fully saturated rings. The number of esters is 1. The number of hydrogen-bond acceptors (Lipinski definition) is 16. The van der Waals surface area contributed by atoms with Crippen LogP contribution in [0.25, 0.3) is 0 Å². The number of aliphatic imine (C=N–C) groups is 1. The number of aliphatic hydroxyl groups is 1. The lowest BCUT2D eigenvalue weighted by Gasteiger charge is -2.46. The predicted octanol–water partition coefficient (Wildman–Crippen LogP) is 2.96. The number of nitrogens with two attached hydrogens (primary N) is 1. The van der Waals surface area contributed by atoms with E-state index in [9.17, 15) is 19.5 Å². The van der Waals surface area contributed by atoms with Gasteiger partial charge < -0.3 is 54.3 Å². The van der Waals surface area contributed by atoms with Gasteiger partial charge in [0.05, 0.1) is 43.0 Å². The molecule has 57 heavy (non-hydrogen) atoms. The van der Waals surface area contributed by atoms with E-state index in [2.05, 4.69) is 20.4 Å². The smallest absolute Gasteiger partial charge is 0.311 e. The van der Waals surface area contributed by atoms with E-state index in [4.69, 9.17) is 39.0 Å². The molecule has 0 saturated carbocycles. The van der Waals surface area contributed by atoms with Gasteiger partial charge in [-0.25, -0.2) is 9.98 Å². The number of nitrogens with zero attached hydrogens (tertiary/aromatic N) is 4. The molecule has 17 heteroatoms. The van der Waals surface area contributed by atoms with Crippen LogP contribution < -0.4 is 11.1 Å². The Morgan fingerprint density at radius 1 is 1.14 bits per heavy atom. The first-order chi connectivity index (χ1) is 26.8. The van der Waals surface area contributed by atoms with Crippen molar-refractivity contribution in [2.45, 2.75) is 148 Å². The Bertz CT molecular complexity index is 1660. The maximum absolute atomic E-state index is 14.5. The average molecular weight is 803 g/mol. The number of amidine groups is 1. The van der Waals surface area contributed by atoms with Crippen LogP contribution in [0, 0.1) is 17.8 Å². The molecule has 4 aliphatic heterocycles. The molecule has 0 spiro atoms. The number of rotatable bonds is 8. The summed E-state index contributed by atoms with van der Waals surface area (Å²) in [6.07, 6.45) is -1.99. The second kappa shape index (κ2) is 18.5. The number of carbonyl (C=O) groups is 3. The zero-order chi connectivity index (χ0) is 41.8. The van der Waals surface area contributed by atoms with Crippen LogP contribution in [0.15, 0.2) is 28.5 Å². The number of Topliss-reactive ketones (excluding diaryl/α,β-unsaturated/α-hetero) is 1. The molecule has 5 rings (SSSR count). The number of aliphatic hydroxyl groups excluding tert-OH is 1. The van der Waals surface area contributed by atoms with Crippen molar-refractivity contribution in [3.63, 3.8) is 0 Å². The minimum atomic E-state index is -1.23. The van der Waals surface area contributed by atoms with Crippen LogP contribution in [0.1, 0.15) is 86.6 Å². The fourth-order valence-corrected chi connectivity index (χ4v) is 8.49. The molecule has 1 aromatic rings. The van der Waals surface area contributed by atoms with Gasteiger partial charge >= 0.3 is 5.97 Å². The largest absolute Gasteiger partial charge is 0.458 e. The molecule has 5 heterocycles. The van der Waals surface area contributed by atoms with Crippen LogP contribution in [-0.4, -0.2) is 132 Å². The van der Waals surface area contributed by atoms with Gasteiger partial charge in [-0.2, -0.15) is 0 Å². The van der Waals surface area contributed by atoms with Gasteiger partial charge in [-0.15, -0.1) is 0 Å². The van der Waals surface area contributed by atoms with Crippen LogP contribution in [0.4, 0.5) is 5.82 Å². The van der Waals surface area contributed by atoms with E-state index >= 15 is 0 Å². The summed E-state index contributed by atoms with van der Waals surface area (Å²) in [4.78, 5) is 56.7. The van der Waals surface area contributed by atoms with Gasteiger partial charge in [0, 0.05) is 37.4 Å². The number of anilines is 1. The van der Waals surface area contributed by atoms with Crippen molar-refractivity contribution < 1.29 is 52.7 Å². The summed E-state index contributed by atoms with van der Waals surface area (Å²) in [6.45, 7) is 14.1. The van der Waals surface area contributed by atoms with Crippen LogP contribution in [0.5, 0.6) is 0 Å². The number of ether oxygens (including phenoxy) is 6. The Morgan fingerprint density at radius 2 is 1.88 bits per heavy atom. The van der Waals surface area contributed by atoms with Gasteiger partial charge in [-0.1, -0.05) is 25.9 Å². The summed E-state index contributed by atoms with van der Waals surface area (Å²) in [5, 5.41) is 18.6. The maximum atomic E-state index is 14.5. The second-order valence-corrected chi connectivity index (χ2v) is 16.7. The molecule has 4 aliphatic rings. The first-order valence-electron chi connectivity index (χ1n) is 19.9. The van der Waals surface area contributed by atoms with Gasteiger partial charge in [0.2, 0.25) is 5.91 Å². The number of fused-ring (bicyclic) bond motifs is 4. The third kappa shape index (κ3) is 10.3. The third-order valence-corrected chi connectivity index (χ3v) is 11.8. The average Bonchev–Trinajstić information content (AvgIpc) is 3.49. The highest BCUT2D eigenvalue weighted by Crippen LogP contribution is 2.41. The number of nitrogens with one attached hydrogen (secondary N) is 1. The van der Waals surface area contributed by atoms with Crippen LogP contribution >= 0.6 is 0 Å². The molecule has 17 nitrogen and oxygen atoms in total. The highest BCUT2D eigenvalue weighted by molar-refractivity contribution is 5.88. The summed E-state index contributed by atoms with van der Waals surface area (Å²) in [5.74, 6) is -2.65. The molecule has 3 unspecified atom stereocenters. The SMILES string of the molecule is CC[C@H]1OC(=O)[C@H](C)[C@H]2C[C@@H](OC3O[C@H](C)C[C@H](N(C)C)[C@H]3O)[C@](C)(C[C@@H](C)C(=O)[C@H](C)C3N=C(N)OC31C)OC/C(=N/OCc1ccnc(NC(C)=O)c1)CO2. The quantitative estimate of drug-likeness (QED) is 0.255. The summed E-state index contributed by atoms with van der Waals surface area (Å²) in [5.41, 5.74) is 4.79. The van der Waals surface area contributed by atoms with Crippen molar-refractivity contribution in [1.82, 2.24) is 9.88 Å². The number of ketones is 1. The lowest BCUT2D eigenvalue weighted by atomic mass is 9.75. The summed E-state index contributed by atoms with van der Waals surface area (Å²) < 4.78 is 38.7. The van der Waals surface area contributed by atoms with Crippen molar-refractivity contribution in [1.29, 1.82) is 0 Å². The molecule has 13 atom stereocenters. The molecule has 0 radical (unpaired) electrons. The van der Waals surface area contributed by atoms with Gasteiger partial charge in [0.15, 0.2) is 11.9 Å². The molecule has 3 saturated heterocycles. The number of likely N-dealkylation sites (N-methyl/N-ethyl adjacent to an activating group) is 1. The van der Waals surface area contributed by atoms with E-state index in [0.29, 0.717) is 29.9 Å². The zero-order valence-corrected chi connectivity index (χ0v) is 34.9. The number of hydrogen-bond donors (Lipinski definition) is 3. The standard InChI is InChI=1S/C40H62N6O11/c1-11-30-40(8)35(44-38(41)57-40)24(5)33(48)21(2)17-39(7)31(56-37-34(49)28(46(9)10)14-22(3)54-37)16-29(23(4)36(50)55-30)51-19-27(20-52-39)45-53-18-26-12-13-42-32(15-26)43-25(6)47/h12-13,15,21-24,28-31,34-35,37,49H,11,14,16-20H2,1-10H3,(H2,41,44)(H,42,43,47)/b45-27+/t21-,22-,23-,24+,28+,29-,30-,31-,34-,35?,37?,39+,40?/m1/s1. The lowest BCUT2D eigenvalue weighted by Crippen LogP contribution is -2.58. The minimum Gasteiger partial charge on any atom is -0.458 e. The summed E-state index contributed by atoms with van der Waals surface area (Å²) in [6, 6.07) is 2.36. The van der Waals surface area contributed by atoms with Crippen LogP contribution in [0.3, 0.4) is 0 Å². The Kier molecular flexibility index (Phi) is 14.4. The fraction of sp³-hybridized carbons (Fsp3) is 0.750. The van der Waals surface area contributed by atoms with Gasteiger partial charge in [0.25, 0.3) is 6.02 Å². The van der Waals surface area contributed by atoms with Crippen LogP contribution in [0.2, 0.25) is 0 Å². The molecule has 318 valence electrons. The first-order valence-corrected chi connectivity index (χ1v) is 19.9. The Labute approximate surface area is 335 Å². The normalized spacial score (nSPS) is 38.8. The Morgan fingerprint density at radius 3 is 2.56 bits per heavy atom. The van der Waals surface area contributed by atoms with E-state index in [0.717, 1.165) is 0 Å². The number of carbonyl (C=O) groups excluding carboxylic acids is 3. The second-order valence-electron chi connectivity index (χ2n) is 16.7. The topological polar surface area (TPSA) is 215 Å². The minimum absolute atomic E-state index is 0.0483. The van der Waals surface area contributed by atoms with E-state index in [1.54, 1.807) is 39.1 Å². The highest BCUT2D eigenvalue weighted by Gasteiger charge is 2.55. The summed E-state index contributed by atoms with van der Waals surface area (Å²) >= 11 is 0. The van der Waals surface area contributed by atoms with Gasteiger partial charge in [-0.05, 0) is 78.7 Å². The fourth-order valence-electron chi connectivity index (χ4n) is 8.49. The van der Waals surface area contributed by atoms with Crippen molar-refractivity contribution in [2.24, 2.45) is 33.6 Å². The number of pyridine rings is 1. The molecular weight excluding hydrogens is 740 g/mol. The van der Waals surface area contributed by atoms with Gasteiger partial charge in [-0.3, -0.25) is 14.4 Å². The molecule has 2 bridgehead atoms. The van der Waals surface area contributed by atoms with Gasteiger partial charge in [0.1, 0.15) is 42.2 Å². The lowest BCUT2D eigenvalue weighted by molar-refractivity contribution is -0.294.